The molecule has 0 fully saturated rings. The zero-order valence-corrected chi connectivity index (χ0v) is 18.1. The molecule has 0 unspecified atom stereocenters. The van der Waals surface area contributed by atoms with Crippen LogP contribution in [0.15, 0.2) is 27.1 Å². The number of aromatic nitrogens is 1. The number of aryl methyl sites for hydroxylation is 1. The molecule has 0 radical (unpaired) electrons. The minimum atomic E-state index is 0. The summed E-state index contributed by atoms with van der Waals surface area (Å²) >= 11 is 6.92. The van der Waals surface area contributed by atoms with Crippen LogP contribution in [0.1, 0.15) is 28.6 Å². The van der Waals surface area contributed by atoms with Crippen molar-refractivity contribution < 1.29 is 0 Å². The first-order chi connectivity index (χ1) is 10.2. The van der Waals surface area contributed by atoms with Crippen molar-refractivity contribution in [3.8, 4) is 0 Å². The van der Waals surface area contributed by atoms with Crippen LogP contribution in [0.4, 0.5) is 0 Å². The molecular formula is C14H20BrIN4S2. The molecule has 2 rings (SSSR count). The molecule has 0 aliphatic rings. The summed E-state index contributed by atoms with van der Waals surface area (Å²) < 4.78 is 1.12. The molecule has 0 saturated heterocycles. The maximum atomic E-state index is 4.60. The molecule has 0 atom stereocenters. The van der Waals surface area contributed by atoms with Gasteiger partial charge < -0.3 is 10.6 Å². The number of guanidine groups is 1. The fourth-order valence-electron chi connectivity index (χ4n) is 1.69. The van der Waals surface area contributed by atoms with E-state index < -0.39 is 0 Å². The van der Waals surface area contributed by atoms with Crippen LogP contribution in [0.2, 0.25) is 0 Å². The monoisotopic (exact) mass is 514 g/mol. The predicted molar refractivity (Wildman–Crippen MR) is 111 cm³/mol. The van der Waals surface area contributed by atoms with Gasteiger partial charge in [0.15, 0.2) is 5.96 Å². The molecule has 4 nitrogen and oxygen atoms in total. The highest BCUT2D eigenvalue weighted by Crippen LogP contribution is 2.20. The van der Waals surface area contributed by atoms with Crippen molar-refractivity contribution in [2.45, 2.75) is 33.4 Å². The Hall–Kier alpha value is -0.190. The van der Waals surface area contributed by atoms with E-state index in [1.54, 1.807) is 22.7 Å². The molecule has 0 aliphatic heterocycles. The highest BCUT2D eigenvalue weighted by molar-refractivity contribution is 14.0. The number of halogens is 2. The van der Waals surface area contributed by atoms with Gasteiger partial charge in [-0.2, -0.15) is 0 Å². The van der Waals surface area contributed by atoms with Gasteiger partial charge >= 0.3 is 0 Å². The van der Waals surface area contributed by atoms with Crippen LogP contribution >= 0.6 is 62.6 Å². The first-order valence-corrected chi connectivity index (χ1v) is 9.38. The highest BCUT2D eigenvalue weighted by Gasteiger charge is 2.03. The molecule has 122 valence electrons. The SMILES string of the molecule is CCNC(=NCc1cc(Br)cs1)NCc1ncc(CC)s1.I. The molecular weight excluding hydrogens is 495 g/mol. The summed E-state index contributed by atoms with van der Waals surface area (Å²) in [6.45, 7) is 6.46. The average molecular weight is 515 g/mol. The van der Waals surface area contributed by atoms with Crippen molar-refractivity contribution in [2.75, 3.05) is 6.54 Å². The van der Waals surface area contributed by atoms with Gasteiger partial charge in [-0.1, -0.05) is 6.92 Å². The van der Waals surface area contributed by atoms with Crippen LogP contribution < -0.4 is 10.6 Å². The third-order valence-corrected chi connectivity index (χ3v) is 5.54. The molecule has 22 heavy (non-hydrogen) atoms. The summed E-state index contributed by atoms with van der Waals surface area (Å²) in [5, 5.41) is 9.76. The van der Waals surface area contributed by atoms with E-state index in [0.717, 1.165) is 28.4 Å². The minimum Gasteiger partial charge on any atom is -0.357 e. The summed E-state index contributed by atoms with van der Waals surface area (Å²) in [6, 6.07) is 2.10. The Labute approximate surface area is 165 Å². The summed E-state index contributed by atoms with van der Waals surface area (Å²) in [7, 11) is 0. The van der Waals surface area contributed by atoms with Crippen LogP contribution in [0.25, 0.3) is 0 Å². The van der Waals surface area contributed by atoms with Gasteiger partial charge in [0.25, 0.3) is 0 Å². The van der Waals surface area contributed by atoms with E-state index in [1.165, 1.54) is 9.75 Å². The third-order valence-electron chi connectivity index (χ3n) is 2.72. The number of hydrogen-bond donors (Lipinski definition) is 2. The minimum absolute atomic E-state index is 0. The van der Waals surface area contributed by atoms with Crippen molar-refractivity contribution in [1.29, 1.82) is 0 Å². The summed E-state index contributed by atoms with van der Waals surface area (Å²) in [5.41, 5.74) is 0. The second kappa shape index (κ2) is 10.6. The van der Waals surface area contributed by atoms with Gasteiger partial charge in [-0.05, 0) is 35.3 Å². The molecule has 0 aromatic carbocycles. The highest BCUT2D eigenvalue weighted by atomic mass is 127. The van der Waals surface area contributed by atoms with Gasteiger partial charge in [0.2, 0.25) is 0 Å². The number of rotatable bonds is 6. The molecule has 0 spiro atoms. The average Bonchev–Trinajstić information content (AvgIpc) is 3.10. The quantitative estimate of drug-likeness (QED) is 0.341. The fourth-order valence-corrected chi connectivity index (χ4v) is 3.86. The lowest BCUT2D eigenvalue weighted by atomic mass is 10.4. The number of thiazole rings is 1. The Morgan fingerprint density at radius 2 is 2.14 bits per heavy atom. The Kier molecular flexibility index (Phi) is 9.53. The van der Waals surface area contributed by atoms with Crippen molar-refractivity contribution in [2.24, 2.45) is 4.99 Å². The van der Waals surface area contributed by atoms with Crippen LogP contribution in [0, 0.1) is 0 Å². The van der Waals surface area contributed by atoms with E-state index in [9.17, 15) is 0 Å². The largest absolute Gasteiger partial charge is 0.357 e. The fraction of sp³-hybridized carbons (Fsp3) is 0.429. The standard InChI is InChI=1S/C14H19BrN4S2.HI/c1-3-11-6-17-13(21-11)8-19-14(16-4-2)18-7-12-5-10(15)9-20-12;/h5-6,9H,3-4,7-8H2,1-2H3,(H2,16,18,19);1H. The summed E-state index contributed by atoms with van der Waals surface area (Å²) in [6.07, 6.45) is 2.99. The Bertz CT molecular complexity index is 597. The van der Waals surface area contributed by atoms with Gasteiger partial charge in [0.1, 0.15) is 5.01 Å². The molecule has 0 amide bonds. The smallest absolute Gasteiger partial charge is 0.191 e. The molecule has 8 heteroatoms. The van der Waals surface area contributed by atoms with Crippen LogP contribution in [-0.4, -0.2) is 17.5 Å². The Morgan fingerprint density at radius 3 is 2.73 bits per heavy atom. The Morgan fingerprint density at radius 1 is 1.32 bits per heavy atom. The summed E-state index contributed by atoms with van der Waals surface area (Å²) in [5.74, 6) is 0.829. The van der Waals surface area contributed by atoms with Crippen molar-refractivity contribution in [3.05, 3.63) is 36.9 Å². The van der Waals surface area contributed by atoms with E-state index >= 15 is 0 Å². The van der Waals surface area contributed by atoms with Crippen molar-refractivity contribution in [1.82, 2.24) is 15.6 Å². The lowest BCUT2D eigenvalue weighted by Gasteiger charge is -2.09. The van der Waals surface area contributed by atoms with Gasteiger partial charge in [-0.25, -0.2) is 9.98 Å². The number of aliphatic imine (C=N–C) groups is 1. The molecule has 0 aliphatic carbocycles. The lowest BCUT2D eigenvalue weighted by Crippen LogP contribution is -2.36. The number of hydrogen-bond acceptors (Lipinski definition) is 4. The number of nitrogens with one attached hydrogen (secondary N) is 2. The number of thiophene rings is 1. The second-order valence-electron chi connectivity index (χ2n) is 4.35. The third kappa shape index (κ3) is 6.51. The predicted octanol–water partition coefficient (Wildman–Crippen LogP) is 4.40. The molecule has 0 saturated carbocycles. The summed E-state index contributed by atoms with van der Waals surface area (Å²) in [4.78, 5) is 11.6. The van der Waals surface area contributed by atoms with E-state index in [4.69, 9.17) is 0 Å². The normalized spacial score (nSPS) is 11.1. The van der Waals surface area contributed by atoms with Gasteiger partial charge in [-0.3, -0.25) is 0 Å². The van der Waals surface area contributed by atoms with Gasteiger partial charge in [0, 0.05) is 32.3 Å². The molecule has 2 N–H and O–H groups in total. The number of nitrogens with zero attached hydrogens (tertiary/aromatic N) is 2. The first kappa shape index (κ1) is 19.9. The van der Waals surface area contributed by atoms with Gasteiger partial charge in [0.05, 0.1) is 13.1 Å². The maximum absolute atomic E-state index is 4.60. The zero-order valence-electron chi connectivity index (χ0n) is 12.6. The molecule has 2 aromatic heterocycles. The first-order valence-electron chi connectivity index (χ1n) is 6.90. The lowest BCUT2D eigenvalue weighted by molar-refractivity contribution is 0.813. The van der Waals surface area contributed by atoms with Crippen LogP contribution in [-0.2, 0) is 19.5 Å². The zero-order chi connectivity index (χ0) is 15.1. The van der Waals surface area contributed by atoms with Crippen molar-refractivity contribution in [3.63, 3.8) is 0 Å². The molecule has 2 heterocycles. The molecule has 2 aromatic rings. The van der Waals surface area contributed by atoms with E-state index in [0.29, 0.717) is 13.1 Å². The maximum Gasteiger partial charge on any atom is 0.191 e. The van der Waals surface area contributed by atoms with E-state index in [1.807, 2.05) is 6.20 Å². The Balaban J connectivity index is 0.00000242. The van der Waals surface area contributed by atoms with Crippen molar-refractivity contribution >= 4 is 68.5 Å². The van der Waals surface area contributed by atoms with Crippen LogP contribution in [0.5, 0.6) is 0 Å². The van der Waals surface area contributed by atoms with Crippen LogP contribution in [0.3, 0.4) is 0 Å². The van der Waals surface area contributed by atoms with E-state index in [-0.39, 0.29) is 24.0 Å². The molecule has 0 bridgehead atoms. The topological polar surface area (TPSA) is 49.3 Å². The van der Waals surface area contributed by atoms with E-state index in [2.05, 4.69) is 61.8 Å². The second-order valence-corrected chi connectivity index (χ2v) is 7.47. The van der Waals surface area contributed by atoms with Gasteiger partial charge in [-0.15, -0.1) is 46.7 Å².